The van der Waals surface area contributed by atoms with Crippen molar-refractivity contribution in [2.75, 3.05) is 0 Å². The van der Waals surface area contributed by atoms with E-state index in [1.807, 2.05) is 6.07 Å². The molecule has 4 nitrogen and oxygen atoms in total. The topological polar surface area (TPSA) is 35.1 Å². The summed E-state index contributed by atoms with van der Waals surface area (Å²) in [6.07, 6.45) is 0. The van der Waals surface area contributed by atoms with Crippen LogP contribution in [0.1, 0.15) is 5.69 Å². The number of hydrogen-bond acceptors (Lipinski definition) is 2. The van der Waals surface area contributed by atoms with Gasteiger partial charge in [-0.05, 0) is 54.1 Å². The van der Waals surface area contributed by atoms with Crippen molar-refractivity contribution in [3.05, 3.63) is 121 Å². The van der Waals surface area contributed by atoms with Gasteiger partial charge in [0.1, 0.15) is 0 Å². The van der Waals surface area contributed by atoms with Crippen LogP contribution < -0.4 is 0 Å². The van der Waals surface area contributed by atoms with Crippen LogP contribution in [0.4, 0.5) is 0 Å². The fourth-order valence-corrected chi connectivity index (χ4v) is 7.23. The number of aryl methyl sites for hydroxylation is 1. The van der Waals surface area contributed by atoms with Crippen molar-refractivity contribution >= 4 is 81.6 Å². The monoisotopic (exact) mass is 522 g/mol. The Kier molecular flexibility index (Phi) is 3.84. The molecule has 190 valence electrons. The lowest BCUT2D eigenvalue weighted by molar-refractivity contribution is 0.990. The Balaban J connectivity index is 1.53. The quantitative estimate of drug-likeness (QED) is 0.215. The van der Waals surface area contributed by atoms with E-state index in [2.05, 4.69) is 125 Å². The van der Waals surface area contributed by atoms with Crippen LogP contribution in [0.3, 0.4) is 0 Å². The minimum atomic E-state index is 0.707. The molecule has 0 amide bonds. The Labute approximate surface area is 234 Å². The minimum Gasteiger partial charge on any atom is -0.308 e. The zero-order valence-corrected chi connectivity index (χ0v) is 22.3. The van der Waals surface area contributed by atoms with Gasteiger partial charge in [-0.1, -0.05) is 78.9 Å². The molecule has 4 heterocycles. The summed E-state index contributed by atoms with van der Waals surface area (Å²) in [5.74, 6) is 0.707. The van der Waals surface area contributed by atoms with Crippen LogP contribution in [0.15, 0.2) is 115 Å². The third-order valence-electron chi connectivity index (χ3n) is 8.95. The zero-order valence-electron chi connectivity index (χ0n) is 22.3. The normalized spacial score (nSPS) is 12.5. The van der Waals surface area contributed by atoms with E-state index in [1.165, 1.54) is 59.6 Å². The number of rotatable bonds is 1. The summed E-state index contributed by atoms with van der Waals surface area (Å²) >= 11 is 0. The van der Waals surface area contributed by atoms with Gasteiger partial charge < -0.3 is 4.40 Å². The summed E-state index contributed by atoms with van der Waals surface area (Å²) in [6.45, 7) is 2.08. The fraction of sp³-hybridized carbons (Fsp3) is 0.0270. The highest BCUT2D eigenvalue weighted by Crippen LogP contribution is 2.46. The molecule has 10 aromatic rings. The van der Waals surface area contributed by atoms with Gasteiger partial charge in [-0.25, -0.2) is 9.97 Å². The van der Waals surface area contributed by atoms with Crippen molar-refractivity contribution < 1.29 is 0 Å². The van der Waals surface area contributed by atoms with Crippen molar-refractivity contribution in [2.45, 2.75) is 6.92 Å². The molecule has 0 atom stereocenters. The SMILES string of the molecule is Cc1nc(-n2c3cc4ccccc4cc3c3c4c5ccccc5n5c6ccccc6c(cc32)c45)nc2ccccc12. The highest BCUT2D eigenvalue weighted by Gasteiger charge is 2.25. The molecule has 0 radical (unpaired) electrons. The molecule has 0 unspecified atom stereocenters. The van der Waals surface area contributed by atoms with Crippen molar-refractivity contribution in [3.8, 4) is 5.95 Å². The Hall–Kier alpha value is -5.48. The number of benzene rings is 6. The smallest absolute Gasteiger partial charge is 0.235 e. The maximum Gasteiger partial charge on any atom is 0.235 e. The summed E-state index contributed by atoms with van der Waals surface area (Å²) < 4.78 is 4.75. The lowest BCUT2D eigenvalue weighted by Gasteiger charge is -2.10. The van der Waals surface area contributed by atoms with Gasteiger partial charge in [0.15, 0.2) is 0 Å². The highest BCUT2D eigenvalue weighted by molar-refractivity contribution is 6.36. The van der Waals surface area contributed by atoms with E-state index >= 15 is 0 Å². The lowest BCUT2D eigenvalue weighted by atomic mass is 10.0. The van der Waals surface area contributed by atoms with Gasteiger partial charge in [-0.3, -0.25) is 4.57 Å². The summed E-state index contributed by atoms with van der Waals surface area (Å²) in [6, 6.07) is 41.5. The van der Waals surface area contributed by atoms with Gasteiger partial charge in [0.05, 0.1) is 38.8 Å². The molecule has 0 saturated carbocycles. The second-order valence-corrected chi connectivity index (χ2v) is 11.1. The number of hydrogen-bond donors (Lipinski definition) is 0. The second-order valence-electron chi connectivity index (χ2n) is 11.1. The van der Waals surface area contributed by atoms with Crippen LogP contribution >= 0.6 is 0 Å². The molecule has 0 aliphatic heterocycles. The van der Waals surface area contributed by atoms with Crippen LogP contribution in [0.5, 0.6) is 0 Å². The zero-order chi connectivity index (χ0) is 26.8. The third-order valence-corrected chi connectivity index (χ3v) is 8.95. The van der Waals surface area contributed by atoms with Crippen molar-refractivity contribution in [1.29, 1.82) is 0 Å². The highest BCUT2D eigenvalue weighted by atomic mass is 15.2. The van der Waals surface area contributed by atoms with E-state index in [-0.39, 0.29) is 0 Å². The maximum absolute atomic E-state index is 5.15. The molecule has 0 aliphatic rings. The Bertz CT molecular complexity index is 2710. The molecule has 4 aromatic heterocycles. The number of fused-ring (bicyclic) bond motifs is 12. The molecule has 6 aromatic carbocycles. The molecule has 0 saturated heterocycles. The van der Waals surface area contributed by atoms with E-state index in [4.69, 9.17) is 9.97 Å². The predicted octanol–water partition coefficient (Wildman–Crippen LogP) is 9.34. The van der Waals surface area contributed by atoms with E-state index in [1.54, 1.807) is 0 Å². The summed E-state index contributed by atoms with van der Waals surface area (Å²) in [7, 11) is 0. The molecular weight excluding hydrogens is 500 g/mol. The van der Waals surface area contributed by atoms with Crippen molar-refractivity contribution in [3.63, 3.8) is 0 Å². The molecule has 4 heteroatoms. The van der Waals surface area contributed by atoms with Crippen molar-refractivity contribution in [2.24, 2.45) is 0 Å². The van der Waals surface area contributed by atoms with E-state index in [0.717, 1.165) is 27.6 Å². The summed E-state index contributed by atoms with van der Waals surface area (Å²) in [5.41, 5.74) is 7.95. The first kappa shape index (κ1) is 21.4. The third kappa shape index (κ3) is 2.60. The minimum absolute atomic E-state index is 0.707. The Morgan fingerprint density at radius 1 is 0.488 bits per heavy atom. The first-order valence-corrected chi connectivity index (χ1v) is 14.0. The van der Waals surface area contributed by atoms with Gasteiger partial charge >= 0.3 is 0 Å². The summed E-state index contributed by atoms with van der Waals surface area (Å²) in [4.78, 5) is 10.3. The van der Waals surface area contributed by atoms with Crippen LogP contribution in [0.2, 0.25) is 0 Å². The van der Waals surface area contributed by atoms with Crippen LogP contribution in [-0.2, 0) is 0 Å². The lowest BCUT2D eigenvalue weighted by Crippen LogP contribution is -2.03. The van der Waals surface area contributed by atoms with E-state index in [9.17, 15) is 0 Å². The molecule has 0 bridgehead atoms. The fourth-order valence-electron chi connectivity index (χ4n) is 7.23. The molecule has 41 heavy (non-hydrogen) atoms. The summed E-state index contributed by atoms with van der Waals surface area (Å²) in [5, 5.41) is 11.1. The average molecular weight is 523 g/mol. The average Bonchev–Trinajstić information content (AvgIpc) is 3.64. The van der Waals surface area contributed by atoms with Gasteiger partial charge in [-0.2, -0.15) is 0 Å². The molecule has 0 N–H and O–H groups in total. The van der Waals surface area contributed by atoms with Gasteiger partial charge in [0.25, 0.3) is 0 Å². The van der Waals surface area contributed by atoms with Crippen LogP contribution in [-0.4, -0.2) is 18.9 Å². The van der Waals surface area contributed by atoms with Gasteiger partial charge in [0.2, 0.25) is 5.95 Å². The van der Waals surface area contributed by atoms with E-state index < -0.39 is 0 Å². The molecule has 10 rings (SSSR count). The van der Waals surface area contributed by atoms with Crippen molar-refractivity contribution in [1.82, 2.24) is 18.9 Å². The predicted molar refractivity (Wildman–Crippen MR) is 171 cm³/mol. The largest absolute Gasteiger partial charge is 0.308 e. The number of para-hydroxylation sites is 3. The number of aromatic nitrogens is 4. The van der Waals surface area contributed by atoms with Crippen LogP contribution in [0.25, 0.3) is 87.5 Å². The first-order valence-electron chi connectivity index (χ1n) is 14.0. The number of nitrogens with zero attached hydrogens (tertiary/aromatic N) is 4. The molecule has 0 fully saturated rings. The molecule has 0 aliphatic carbocycles. The van der Waals surface area contributed by atoms with Gasteiger partial charge in [0, 0.05) is 37.7 Å². The maximum atomic E-state index is 5.15. The Morgan fingerprint density at radius 3 is 1.98 bits per heavy atom. The van der Waals surface area contributed by atoms with Crippen LogP contribution in [0, 0.1) is 6.92 Å². The molecular formula is C37H22N4. The van der Waals surface area contributed by atoms with E-state index in [0.29, 0.717) is 5.95 Å². The second kappa shape index (κ2) is 7.38. The van der Waals surface area contributed by atoms with Gasteiger partial charge in [-0.15, -0.1) is 0 Å². The Morgan fingerprint density at radius 2 is 1.15 bits per heavy atom. The first-order chi connectivity index (χ1) is 20.3. The standard InChI is InChI=1S/C37H22N4/c1-21-24-12-4-7-15-29(24)39-37(38-21)41-32-19-23-11-3-2-10-22(23)18-28(32)34-33(41)20-27-25-13-5-8-16-30(25)40-31-17-9-6-14-26(31)35(34)36(27)40/h2-20H,1H3. The molecule has 0 spiro atoms.